The van der Waals surface area contributed by atoms with Crippen LogP contribution in [0, 0.1) is 0 Å². The number of esters is 1. The summed E-state index contributed by atoms with van der Waals surface area (Å²) in [4.78, 5) is 20.1. The van der Waals surface area contributed by atoms with Gasteiger partial charge in [-0.15, -0.1) is 0 Å². The molecule has 0 aliphatic heterocycles. The van der Waals surface area contributed by atoms with Crippen molar-refractivity contribution in [2.75, 3.05) is 13.2 Å². The van der Waals surface area contributed by atoms with E-state index in [0.29, 0.717) is 0 Å². The molecule has 0 radical (unpaired) electrons. The van der Waals surface area contributed by atoms with Crippen LogP contribution in [-0.2, 0) is 14.3 Å². The molecule has 0 heterocycles. The molecule has 0 aliphatic rings. The Bertz CT molecular complexity index is 130. The molecule has 0 fully saturated rings. The molecule has 5 heteroatoms. The lowest BCUT2D eigenvalue weighted by Gasteiger charge is -1.97. The van der Waals surface area contributed by atoms with E-state index in [0.717, 1.165) is 0 Å². The van der Waals surface area contributed by atoms with Gasteiger partial charge in [0.25, 0.3) is 0 Å². The van der Waals surface area contributed by atoms with Gasteiger partial charge in [-0.25, -0.2) is 0 Å². The quantitative estimate of drug-likeness (QED) is 0.394. The molecule has 0 bridgehead atoms. The molecule has 0 aromatic rings. The third kappa shape index (κ3) is 5.04. The van der Waals surface area contributed by atoms with Crippen molar-refractivity contribution in [2.45, 2.75) is 6.42 Å². The number of aliphatic carboxylic acids is 1. The second kappa shape index (κ2) is 4.75. The van der Waals surface area contributed by atoms with Gasteiger partial charge in [-0.2, -0.15) is 0 Å². The largest absolute Gasteiger partial charge is 0.481 e. The maximum atomic E-state index is 10.3. The summed E-state index contributed by atoms with van der Waals surface area (Å²) in [7, 11) is 0. The van der Waals surface area contributed by atoms with Gasteiger partial charge >= 0.3 is 11.9 Å². The van der Waals surface area contributed by atoms with Gasteiger partial charge in [0.15, 0.2) is 0 Å². The lowest BCUT2D eigenvalue weighted by Crippen LogP contribution is -2.12. The lowest BCUT2D eigenvalue weighted by atomic mass is 10.4. The van der Waals surface area contributed by atoms with Crippen LogP contribution in [0.4, 0.5) is 0 Å². The minimum Gasteiger partial charge on any atom is -0.481 e. The average molecular weight is 148 g/mol. The summed E-state index contributed by atoms with van der Waals surface area (Å²) in [5, 5.41) is 16.1. The predicted octanol–water partition coefficient (Wildman–Crippen LogP) is -1.00. The van der Waals surface area contributed by atoms with Crippen molar-refractivity contribution >= 4 is 11.9 Å². The number of carbonyl (C=O) groups excluding carboxylic acids is 1. The fraction of sp³-hybridized carbons (Fsp3) is 0.600. The van der Waals surface area contributed by atoms with Crippen molar-refractivity contribution < 1.29 is 24.5 Å². The molecule has 0 aromatic heterocycles. The van der Waals surface area contributed by atoms with Crippen LogP contribution >= 0.6 is 0 Å². The first kappa shape index (κ1) is 8.90. The van der Waals surface area contributed by atoms with E-state index in [1.807, 2.05) is 0 Å². The van der Waals surface area contributed by atoms with Gasteiger partial charge in [0, 0.05) is 0 Å². The van der Waals surface area contributed by atoms with Gasteiger partial charge < -0.3 is 14.9 Å². The molecular weight excluding hydrogens is 140 g/mol. The second-order valence-electron chi connectivity index (χ2n) is 1.51. The molecule has 0 saturated heterocycles. The SMILES string of the molecule is O=C(O)CC(=O)OCCO. The lowest BCUT2D eigenvalue weighted by molar-refractivity contribution is -0.151. The molecule has 0 saturated carbocycles. The standard InChI is InChI=1S/C5H8O5/c6-1-2-10-5(9)3-4(7)8/h6H,1-3H2,(H,7,8). The molecule has 0 aromatic carbocycles. The summed E-state index contributed by atoms with van der Waals surface area (Å²) in [5.41, 5.74) is 0. The number of aliphatic hydroxyl groups excluding tert-OH is 1. The van der Waals surface area contributed by atoms with E-state index < -0.39 is 18.4 Å². The summed E-state index contributed by atoms with van der Waals surface area (Å²) in [6.07, 6.45) is -0.653. The van der Waals surface area contributed by atoms with Crippen molar-refractivity contribution in [3.05, 3.63) is 0 Å². The van der Waals surface area contributed by atoms with Gasteiger partial charge in [-0.3, -0.25) is 9.59 Å². The third-order valence-corrected chi connectivity index (χ3v) is 0.650. The van der Waals surface area contributed by atoms with E-state index in [4.69, 9.17) is 10.2 Å². The van der Waals surface area contributed by atoms with Gasteiger partial charge in [-0.1, -0.05) is 0 Å². The maximum absolute atomic E-state index is 10.3. The zero-order valence-corrected chi connectivity index (χ0v) is 5.24. The number of hydrogen-bond donors (Lipinski definition) is 2. The smallest absolute Gasteiger partial charge is 0.317 e. The van der Waals surface area contributed by atoms with Crippen LogP contribution in [0.15, 0.2) is 0 Å². The number of carbonyl (C=O) groups is 2. The Morgan fingerprint density at radius 1 is 1.40 bits per heavy atom. The molecule has 10 heavy (non-hydrogen) atoms. The van der Waals surface area contributed by atoms with Crippen molar-refractivity contribution in [1.82, 2.24) is 0 Å². The van der Waals surface area contributed by atoms with E-state index in [2.05, 4.69) is 4.74 Å². The molecular formula is C5H8O5. The Morgan fingerprint density at radius 2 is 2.00 bits per heavy atom. The van der Waals surface area contributed by atoms with Crippen molar-refractivity contribution in [3.63, 3.8) is 0 Å². The predicted molar refractivity (Wildman–Crippen MR) is 30.3 cm³/mol. The molecule has 58 valence electrons. The Morgan fingerprint density at radius 3 is 2.40 bits per heavy atom. The van der Waals surface area contributed by atoms with Crippen LogP contribution < -0.4 is 0 Å². The highest BCUT2D eigenvalue weighted by Crippen LogP contribution is 1.84. The number of hydrogen-bond acceptors (Lipinski definition) is 4. The van der Waals surface area contributed by atoms with E-state index in [9.17, 15) is 9.59 Å². The normalized spacial score (nSPS) is 8.90. The van der Waals surface area contributed by atoms with Crippen molar-refractivity contribution in [3.8, 4) is 0 Å². The van der Waals surface area contributed by atoms with Crippen LogP contribution in [0.3, 0.4) is 0 Å². The van der Waals surface area contributed by atoms with Gasteiger partial charge in [0.1, 0.15) is 13.0 Å². The van der Waals surface area contributed by atoms with Crippen LogP contribution in [-0.4, -0.2) is 35.4 Å². The maximum Gasteiger partial charge on any atom is 0.317 e. The summed E-state index contributed by atoms with van der Waals surface area (Å²) in [6.45, 7) is -0.433. The zero-order valence-electron chi connectivity index (χ0n) is 5.24. The first-order valence-corrected chi connectivity index (χ1v) is 2.65. The highest BCUT2D eigenvalue weighted by atomic mass is 16.5. The topological polar surface area (TPSA) is 83.8 Å². The van der Waals surface area contributed by atoms with Crippen LogP contribution in [0.25, 0.3) is 0 Å². The summed E-state index contributed by atoms with van der Waals surface area (Å²) in [6, 6.07) is 0. The highest BCUT2D eigenvalue weighted by molar-refractivity contribution is 5.90. The first-order valence-electron chi connectivity index (χ1n) is 2.65. The highest BCUT2D eigenvalue weighted by Gasteiger charge is 2.07. The number of rotatable bonds is 4. The van der Waals surface area contributed by atoms with Crippen LogP contribution in [0.2, 0.25) is 0 Å². The van der Waals surface area contributed by atoms with Gasteiger partial charge in [0.05, 0.1) is 6.61 Å². The fourth-order valence-corrected chi connectivity index (χ4v) is 0.334. The van der Waals surface area contributed by atoms with Crippen molar-refractivity contribution in [2.24, 2.45) is 0 Å². The monoisotopic (exact) mass is 148 g/mol. The van der Waals surface area contributed by atoms with E-state index >= 15 is 0 Å². The van der Waals surface area contributed by atoms with Gasteiger partial charge in [0.2, 0.25) is 0 Å². The number of ether oxygens (including phenoxy) is 1. The van der Waals surface area contributed by atoms with Gasteiger partial charge in [-0.05, 0) is 0 Å². The third-order valence-electron chi connectivity index (χ3n) is 0.650. The molecule has 0 atom stereocenters. The Labute approximate surface area is 57.2 Å². The summed E-state index contributed by atoms with van der Waals surface area (Å²) in [5.74, 6) is -2.07. The Balaban J connectivity index is 3.35. The fourth-order valence-electron chi connectivity index (χ4n) is 0.334. The van der Waals surface area contributed by atoms with E-state index in [1.165, 1.54) is 0 Å². The molecule has 0 amide bonds. The van der Waals surface area contributed by atoms with E-state index in [1.54, 1.807) is 0 Å². The second-order valence-corrected chi connectivity index (χ2v) is 1.51. The zero-order chi connectivity index (χ0) is 7.98. The number of carboxylic acid groups (broad SMARTS) is 1. The summed E-state index contributed by atoms with van der Waals surface area (Å²) < 4.78 is 4.23. The number of carboxylic acids is 1. The molecule has 0 unspecified atom stereocenters. The molecule has 0 rings (SSSR count). The molecule has 5 nitrogen and oxygen atoms in total. The molecule has 0 aliphatic carbocycles. The van der Waals surface area contributed by atoms with Crippen LogP contribution in [0.1, 0.15) is 6.42 Å². The van der Waals surface area contributed by atoms with Crippen molar-refractivity contribution in [1.29, 1.82) is 0 Å². The first-order chi connectivity index (χ1) is 4.66. The Kier molecular flexibility index (Phi) is 4.23. The van der Waals surface area contributed by atoms with Crippen LogP contribution in [0.5, 0.6) is 0 Å². The average Bonchev–Trinajstić information content (AvgIpc) is 1.82. The summed E-state index contributed by atoms with van der Waals surface area (Å²) >= 11 is 0. The number of aliphatic hydroxyl groups is 1. The van der Waals surface area contributed by atoms with E-state index in [-0.39, 0.29) is 13.2 Å². The minimum atomic E-state index is -1.23. The Hall–Kier alpha value is -1.10. The molecule has 2 N–H and O–H groups in total. The minimum absolute atomic E-state index is 0.147. The molecule has 0 spiro atoms.